The average molecular weight is 270 g/mol. The van der Waals surface area contributed by atoms with Crippen molar-refractivity contribution in [3.05, 3.63) is 69.8 Å². The van der Waals surface area contributed by atoms with Gasteiger partial charge in [0.25, 0.3) is 5.69 Å². The summed E-state index contributed by atoms with van der Waals surface area (Å²) in [5, 5.41) is 14.2. The van der Waals surface area contributed by atoms with Gasteiger partial charge in [-0.25, -0.2) is 0 Å². The Morgan fingerprint density at radius 3 is 2.50 bits per heavy atom. The monoisotopic (exact) mass is 270 g/mol. The lowest BCUT2D eigenvalue weighted by atomic mass is 10.1. The maximum absolute atomic E-state index is 11.1. The third kappa shape index (κ3) is 3.00. The minimum absolute atomic E-state index is 0.0722. The second-order valence-electron chi connectivity index (χ2n) is 4.43. The molecule has 0 radical (unpaired) electrons. The molecule has 102 valence electrons. The smallest absolute Gasteiger partial charge is 0.293 e. The topological polar surface area (TPSA) is 72.2 Å². The molecule has 0 aliphatic heterocycles. The number of nitrogens with zero attached hydrogens (tertiary/aromatic N) is 1. The molecule has 0 aromatic heterocycles. The number of anilines is 1. The molecular weight excluding hydrogens is 256 g/mol. The quantitative estimate of drug-likeness (QED) is 0.512. The molecule has 1 N–H and O–H groups in total. The molecule has 0 amide bonds. The van der Waals surface area contributed by atoms with E-state index in [-0.39, 0.29) is 17.3 Å². The molecular formula is C15H14N2O3. The number of aldehydes is 1. The molecule has 0 saturated carbocycles. The summed E-state index contributed by atoms with van der Waals surface area (Å²) in [6.07, 6.45) is 0.595. The summed E-state index contributed by atoms with van der Waals surface area (Å²) in [5.74, 6) is 0. The maximum Gasteiger partial charge on any atom is 0.293 e. The molecule has 20 heavy (non-hydrogen) atoms. The van der Waals surface area contributed by atoms with Crippen LogP contribution in [0.2, 0.25) is 0 Å². The van der Waals surface area contributed by atoms with E-state index in [1.165, 1.54) is 6.07 Å². The SMILES string of the molecule is C[C@H](Nc1ccc(C=O)cc1[N+](=O)[O-])c1ccccc1. The summed E-state index contributed by atoms with van der Waals surface area (Å²) in [5.41, 5.74) is 1.62. The first kappa shape index (κ1) is 13.7. The van der Waals surface area contributed by atoms with Crippen LogP contribution in [0, 0.1) is 10.1 Å². The fraction of sp³-hybridized carbons (Fsp3) is 0.133. The number of nitrogens with one attached hydrogen (secondary N) is 1. The van der Waals surface area contributed by atoms with Gasteiger partial charge in [0, 0.05) is 17.7 Å². The van der Waals surface area contributed by atoms with Crippen LogP contribution in [0.5, 0.6) is 0 Å². The second-order valence-corrected chi connectivity index (χ2v) is 4.43. The van der Waals surface area contributed by atoms with Gasteiger partial charge in [-0.05, 0) is 24.6 Å². The first-order valence-corrected chi connectivity index (χ1v) is 6.17. The van der Waals surface area contributed by atoms with E-state index in [4.69, 9.17) is 0 Å². The number of nitro groups is 1. The fourth-order valence-electron chi connectivity index (χ4n) is 1.95. The highest BCUT2D eigenvalue weighted by molar-refractivity contribution is 5.79. The van der Waals surface area contributed by atoms with Crippen molar-refractivity contribution in [3.63, 3.8) is 0 Å². The largest absolute Gasteiger partial charge is 0.373 e. The van der Waals surface area contributed by atoms with Crippen molar-refractivity contribution < 1.29 is 9.72 Å². The van der Waals surface area contributed by atoms with Gasteiger partial charge >= 0.3 is 0 Å². The van der Waals surface area contributed by atoms with Crippen molar-refractivity contribution in [1.29, 1.82) is 0 Å². The lowest BCUT2D eigenvalue weighted by molar-refractivity contribution is -0.384. The normalized spacial score (nSPS) is 11.7. The van der Waals surface area contributed by atoms with Crippen molar-refractivity contribution in [3.8, 4) is 0 Å². The van der Waals surface area contributed by atoms with Crippen molar-refractivity contribution in [1.82, 2.24) is 0 Å². The lowest BCUT2D eigenvalue weighted by Gasteiger charge is -2.15. The highest BCUT2D eigenvalue weighted by Gasteiger charge is 2.16. The van der Waals surface area contributed by atoms with Crippen LogP contribution in [0.4, 0.5) is 11.4 Å². The Labute approximate surface area is 116 Å². The Kier molecular flexibility index (Phi) is 4.10. The molecule has 5 heteroatoms. The predicted molar refractivity (Wildman–Crippen MR) is 77.0 cm³/mol. The number of hydrogen-bond acceptors (Lipinski definition) is 4. The van der Waals surface area contributed by atoms with Gasteiger partial charge in [0.1, 0.15) is 12.0 Å². The first-order valence-electron chi connectivity index (χ1n) is 6.17. The van der Waals surface area contributed by atoms with Crippen LogP contribution in [0.1, 0.15) is 28.9 Å². The van der Waals surface area contributed by atoms with E-state index in [9.17, 15) is 14.9 Å². The van der Waals surface area contributed by atoms with E-state index in [0.29, 0.717) is 12.0 Å². The van der Waals surface area contributed by atoms with E-state index >= 15 is 0 Å². The van der Waals surface area contributed by atoms with Crippen molar-refractivity contribution in [2.45, 2.75) is 13.0 Å². The third-order valence-corrected chi connectivity index (χ3v) is 3.03. The van der Waals surface area contributed by atoms with Crippen LogP contribution in [-0.4, -0.2) is 11.2 Å². The fourth-order valence-corrected chi connectivity index (χ4v) is 1.95. The number of rotatable bonds is 5. The molecule has 0 saturated heterocycles. The van der Waals surface area contributed by atoms with Crippen LogP contribution in [0.25, 0.3) is 0 Å². The summed E-state index contributed by atoms with van der Waals surface area (Å²) < 4.78 is 0. The average Bonchev–Trinajstić information content (AvgIpc) is 2.48. The van der Waals surface area contributed by atoms with Crippen LogP contribution in [0.15, 0.2) is 48.5 Å². The van der Waals surface area contributed by atoms with Crippen LogP contribution in [-0.2, 0) is 0 Å². The van der Waals surface area contributed by atoms with E-state index in [0.717, 1.165) is 5.56 Å². The summed E-state index contributed by atoms with van der Waals surface area (Å²) in [6, 6.07) is 13.9. The van der Waals surface area contributed by atoms with Gasteiger partial charge in [0.05, 0.1) is 4.92 Å². The van der Waals surface area contributed by atoms with Crippen LogP contribution in [0.3, 0.4) is 0 Å². The number of carbonyl (C=O) groups is 1. The number of benzene rings is 2. The van der Waals surface area contributed by atoms with Gasteiger partial charge in [-0.15, -0.1) is 0 Å². The van der Waals surface area contributed by atoms with Gasteiger partial charge in [-0.3, -0.25) is 14.9 Å². The Balaban J connectivity index is 2.29. The molecule has 2 aromatic rings. The molecule has 5 nitrogen and oxygen atoms in total. The molecule has 2 rings (SSSR count). The van der Waals surface area contributed by atoms with Crippen LogP contribution < -0.4 is 5.32 Å². The summed E-state index contributed by atoms with van der Waals surface area (Å²) in [4.78, 5) is 21.3. The molecule has 0 aliphatic rings. The zero-order valence-corrected chi connectivity index (χ0v) is 10.9. The van der Waals surface area contributed by atoms with Crippen molar-refractivity contribution >= 4 is 17.7 Å². The summed E-state index contributed by atoms with van der Waals surface area (Å²) >= 11 is 0. The minimum atomic E-state index is -0.493. The maximum atomic E-state index is 11.1. The van der Waals surface area contributed by atoms with Gasteiger partial charge in [0.15, 0.2) is 0 Å². The Hall–Kier alpha value is -2.69. The second kappa shape index (κ2) is 5.97. The molecule has 0 fully saturated rings. The zero-order chi connectivity index (χ0) is 14.5. The van der Waals surface area contributed by atoms with E-state index in [1.807, 2.05) is 37.3 Å². The summed E-state index contributed by atoms with van der Waals surface area (Å²) in [6.45, 7) is 1.92. The highest BCUT2D eigenvalue weighted by Crippen LogP contribution is 2.28. The van der Waals surface area contributed by atoms with Gasteiger partial charge in [-0.2, -0.15) is 0 Å². The van der Waals surface area contributed by atoms with Crippen molar-refractivity contribution in [2.24, 2.45) is 0 Å². The van der Waals surface area contributed by atoms with E-state index < -0.39 is 4.92 Å². The van der Waals surface area contributed by atoms with Gasteiger partial charge < -0.3 is 5.32 Å². The highest BCUT2D eigenvalue weighted by atomic mass is 16.6. The lowest BCUT2D eigenvalue weighted by Crippen LogP contribution is -2.08. The molecule has 2 aromatic carbocycles. The first-order chi connectivity index (χ1) is 9.61. The standard InChI is InChI=1S/C15H14N2O3/c1-11(13-5-3-2-4-6-13)16-14-8-7-12(10-18)9-15(14)17(19)20/h2-11,16H,1H3/t11-/m0/s1. The number of nitro benzene ring substituents is 1. The third-order valence-electron chi connectivity index (χ3n) is 3.03. The predicted octanol–water partition coefficient (Wildman–Crippen LogP) is 3.58. The number of carbonyl (C=O) groups excluding carboxylic acids is 1. The molecule has 0 spiro atoms. The molecule has 0 unspecified atom stereocenters. The Bertz CT molecular complexity index is 626. The molecule has 1 atom stereocenters. The van der Waals surface area contributed by atoms with E-state index in [1.54, 1.807) is 12.1 Å². The van der Waals surface area contributed by atoms with Crippen molar-refractivity contribution in [2.75, 3.05) is 5.32 Å². The Morgan fingerprint density at radius 1 is 1.20 bits per heavy atom. The molecule has 0 aliphatic carbocycles. The van der Waals surface area contributed by atoms with Gasteiger partial charge in [-0.1, -0.05) is 30.3 Å². The molecule has 0 bridgehead atoms. The van der Waals surface area contributed by atoms with E-state index in [2.05, 4.69) is 5.32 Å². The Morgan fingerprint density at radius 2 is 1.90 bits per heavy atom. The number of hydrogen-bond donors (Lipinski definition) is 1. The minimum Gasteiger partial charge on any atom is -0.373 e. The summed E-state index contributed by atoms with van der Waals surface area (Å²) in [7, 11) is 0. The van der Waals surface area contributed by atoms with Crippen LogP contribution >= 0.6 is 0 Å². The molecule has 0 heterocycles. The van der Waals surface area contributed by atoms with Gasteiger partial charge in [0.2, 0.25) is 0 Å². The zero-order valence-electron chi connectivity index (χ0n) is 10.9.